The van der Waals surface area contributed by atoms with Gasteiger partial charge in [0.2, 0.25) is 0 Å². The Labute approximate surface area is 184 Å². The SMILES string of the molecule is Cc1ccccc1S(=O)Nc1ccc2c(c1)C(=O)N(C1CCC(=O)CCCCC1=O)C2. The average Bonchev–Trinajstić information content (AvgIpc) is 3.10. The molecule has 0 spiro atoms. The summed E-state index contributed by atoms with van der Waals surface area (Å²) in [4.78, 5) is 40.2. The summed E-state index contributed by atoms with van der Waals surface area (Å²) in [5.74, 6) is -0.00531. The van der Waals surface area contributed by atoms with E-state index in [4.69, 9.17) is 0 Å². The lowest BCUT2D eigenvalue weighted by molar-refractivity contribution is -0.124. The summed E-state index contributed by atoms with van der Waals surface area (Å²) >= 11 is 0. The van der Waals surface area contributed by atoms with Crippen molar-refractivity contribution < 1.29 is 18.6 Å². The van der Waals surface area contributed by atoms with Crippen molar-refractivity contribution in [2.45, 2.75) is 62.9 Å². The number of fused-ring (bicyclic) bond motifs is 1. The summed E-state index contributed by atoms with van der Waals surface area (Å²) in [5, 5.41) is 0. The van der Waals surface area contributed by atoms with E-state index in [1.807, 2.05) is 37.3 Å². The van der Waals surface area contributed by atoms with Gasteiger partial charge in [-0.1, -0.05) is 24.3 Å². The van der Waals surface area contributed by atoms with Crippen molar-refractivity contribution in [2.24, 2.45) is 0 Å². The Morgan fingerprint density at radius 2 is 1.77 bits per heavy atom. The number of anilines is 1. The van der Waals surface area contributed by atoms with Gasteiger partial charge in [-0.05, 0) is 55.5 Å². The molecule has 2 aromatic carbocycles. The lowest BCUT2D eigenvalue weighted by Crippen LogP contribution is -2.41. The first kappa shape index (κ1) is 21.4. The molecule has 2 aliphatic rings. The van der Waals surface area contributed by atoms with Crippen LogP contribution >= 0.6 is 0 Å². The summed E-state index contributed by atoms with van der Waals surface area (Å²) in [6, 6.07) is 12.2. The van der Waals surface area contributed by atoms with Gasteiger partial charge >= 0.3 is 0 Å². The van der Waals surface area contributed by atoms with Crippen LogP contribution in [-0.4, -0.2) is 32.6 Å². The molecule has 6 nitrogen and oxygen atoms in total. The van der Waals surface area contributed by atoms with E-state index in [-0.39, 0.29) is 17.5 Å². The second-order valence-corrected chi connectivity index (χ2v) is 9.39. The van der Waals surface area contributed by atoms with E-state index in [1.165, 1.54) is 0 Å². The van der Waals surface area contributed by atoms with Gasteiger partial charge in [-0.15, -0.1) is 0 Å². The highest BCUT2D eigenvalue weighted by Gasteiger charge is 2.36. The fourth-order valence-electron chi connectivity index (χ4n) is 4.27. The largest absolute Gasteiger partial charge is 0.324 e. The summed E-state index contributed by atoms with van der Waals surface area (Å²) in [5.41, 5.74) is 2.87. The van der Waals surface area contributed by atoms with Crippen molar-refractivity contribution in [3.63, 3.8) is 0 Å². The first-order valence-corrected chi connectivity index (χ1v) is 11.8. The van der Waals surface area contributed by atoms with Crippen molar-refractivity contribution in [3.05, 3.63) is 59.2 Å². The third-order valence-electron chi connectivity index (χ3n) is 6.02. The Balaban J connectivity index is 1.52. The lowest BCUT2D eigenvalue weighted by atomic mass is 10.0. The van der Waals surface area contributed by atoms with E-state index in [0.29, 0.717) is 54.8 Å². The third kappa shape index (κ3) is 4.61. The smallest absolute Gasteiger partial charge is 0.255 e. The van der Waals surface area contributed by atoms with E-state index >= 15 is 0 Å². The van der Waals surface area contributed by atoms with Crippen LogP contribution < -0.4 is 4.72 Å². The van der Waals surface area contributed by atoms with E-state index in [9.17, 15) is 18.6 Å². The number of hydrogen-bond donors (Lipinski definition) is 1. The lowest BCUT2D eigenvalue weighted by Gasteiger charge is -2.26. The Bertz CT molecular complexity index is 1070. The number of hydrogen-bond acceptors (Lipinski definition) is 4. The van der Waals surface area contributed by atoms with Crippen LogP contribution in [0.2, 0.25) is 0 Å². The summed E-state index contributed by atoms with van der Waals surface area (Å²) in [6.07, 6.45) is 3.06. The van der Waals surface area contributed by atoms with Crippen molar-refractivity contribution in [2.75, 3.05) is 4.72 Å². The number of benzene rings is 2. The molecular formula is C24H26N2O4S. The topological polar surface area (TPSA) is 83.6 Å². The number of ketones is 2. The molecule has 1 aliphatic heterocycles. The third-order valence-corrected chi connectivity index (χ3v) is 7.30. The molecule has 2 unspecified atom stereocenters. The van der Waals surface area contributed by atoms with Gasteiger partial charge in [0.25, 0.3) is 5.91 Å². The molecule has 1 N–H and O–H groups in total. The maximum absolute atomic E-state index is 13.2. The van der Waals surface area contributed by atoms with Crippen LogP contribution in [0.1, 0.15) is 60.0 Å². The first-order valence-electron chi connectivity index (χ1n) is 10.7. The standard InChI is InChI=1S/C24H26N2O4S/c1-16-6-2-5-9-23(16)31(30)25-18-11-10-17-15-26(24(29)20(17)14-18)21-13-12-19(27)7-3-4-8-22(21)28/h2,5-6,9-11,14,21,25H,3-4,7-8,12-13,15H2,1H3. The zero-order valence-corrected chi connectivity index (χ0v) is 18.4. The Morgan fingerprint density at radius 1 is 1.00 bits per heavy atom. The molecule has 162 valence electrons. The van der Waals surface area contributed by atoms with Crippen molar-refractivity contribution in [1.29, 1.82) is 0 Å². The molecule has 1 saturated carbocycles. The van der Waals surface area contributed by atoms with Crippen LogP contribution in [-0.2, 0) is 27.1 Å². The number of aryl methyl sites for hydroxylation is 1. The first-order chi connectivity index (χ1) is 14.9. The van der Waals surface area contributed by atoms with Gasteiger partial charge < -0.3 is 9.62 Å². The highest BCUT2D eigenvalue weighted by molar-refractivity contribution is 7.86. The zero-order valence-electron chi connectivity index (χ0n) is 17.6. The van der Waals surface area contributed by atoms with E-state index < -0.39 is 17.0 Å². The van der Waals surface area contributed by atoms with Gasteiger partial charge in [-0.2, -0.15) is 0 Å². The van der Waals surface area contributed by atoms with Crippen molar-refractivity contribution in [3.8, 4) is 0 Å². The second-order valence-electron chi connectivity index (χ2n) is 8.21. The number of rotatable bonds is 4. The number of carbonyl (C=O) groups excluding carboxylic acids is 3. The fourth-order valence-corrected chi connectivity index (χ4v) is 5.28. The molecule has 1 amide bonds. The Kier molecular flexibility index (Phi) is 6.32. The van der Waals surface area contributed by atoms with Crippen molar-refractivity contribution >= 4 is 34.1 Å². The van der Waals surface area contributed by atoms with Crippen LogP contribution in [0, 0.1) is 6.92 Å². The molecule has 2 aromatic rings. The Hall–Kier alpha value is -2.80. The molecule has 31 heavy (non-hydrogen) atoms. The van der Waals surface area contributed by atoms with Gasteiger partial charge in [-0.25, -0.2) is 4.21 Å². The normalized spacial score (nSPS) is 20.6. The molecule has 1 heterocycles. The molecule has 4 rings (SSSR count). The minimum Gasteiger partial charge on any atom is -0.324 e. The highest BCUT2D eigenvalue weighted by Crippen LogP contribution is 2.30. The van der Waals surface area contributed by atoms with Crippen LogP contribution in [0.3, 0.4) is 0 Å². The summed E-state index contributed by atoms with van der Waals surface area (Å²) in [6.45, 7) is 2.26. The predicted octanol–water partition coefficient (Wildman–Crippen LogP) is 3.95. The highest BCUT2D eigenvalue weighted by atomic mass is 32.2. The van der Waals surface area contributed by atoms with Gasteiger partial charge in [0, 0.05) is 37.1 Å². The zero-order chi connectivity index (χ0) is 22.0. The van der Waals surface area contributed by atoms with Crippen LogP contribution in [0.4, 0.5) is 5.69 Å². The van der Waals surface area contributed by atoms with Crippen molar-refractivity contribution in [1.82, 2.24) is 4.90 Å². The Morgan fingerprint density at radius 3 is 2.58 bits per heavy atom. The predicted molar refractivity (Wildman–Crippen MR) is 119 cm³/mol. The molecular weight excluding hydrogens is 412 g/mol. The van der Waals surface area contributed by atoms with Crippen LogP contribution in [0.5, 0.6) is 0 Å². The maximum atomic E-state index is 13.2. The van der Waals surface area contributed by atoms with Gasteiger partial charge in [0.15, 0.2) is 16.8 Å². The molecule has 1 aliphatic carbocycles. The molecule has 0 radical (unpaired) electrons. The molecule has 2 atom stereocenters. The minimum atomic E-state index is -1.45. The number of Topliss-reactive ketones (excluding diaryl/α,β-unsaturated/α-hetero) is 2. The molecule has 0 saturated heterocycles. The van der Waals surface area contributed by atoms with Gasteiger partial charge in [0.05, 0.1) is 10.9 Å². The van der Waals surface area contributed by atoms with E-state index in [1.54, 1.807) is 17.0 Å². The number of nitrogens with one attached hydrogen (secondary N) is 1. The van der Waals surface area contributed by atoms with Crippen LogP contribution in [0.25, 0.3) is 0 Å². The number of nitrogens with zero attached hydrogens (tertiary/aromatic N) is 1. The van der Waals surface area contributed by atoms with E-state index in [0.717, 1.165) is 17.5 Å². The molecule has 7 heteroatoms. The molecule has 0 bridgehead atoms. The van der Waals surface area contributed by atoms with Crippen LogP contribution in [0.15, 0.2) is 47.4 Å². The molecule has 0 aromatic heterocycles. The summed E-state index contributed by atoms with van der Waals surface area (Å²) in [7, 11) is -1.45. The quantitative estimate of drug-likeness (QED) is 0.784. The maximum Gasteiger partial charge on any atom is 0.255 e. The minimum absolute atomic E-state index is 0.0369. The second kappa shape index (κ2) is 9.14. The number of carbonyl (C=O) groups is 3. The fraction of sp³-hybridized carbons (Fsp3) is 0.375. The van der Waals surface area contributed by atoms with Gasteiger partial charge in [0.1, 0.15) is 5.78 Å². The molecule has 1 fully saturated rings. The number of amides is 1. The average molecular weight is 439 g/mol. The summed E-state index contributed by atoms with van der Waals surface area (Å²) < 4.78 is 15.7. The van der Waals surface area contributed by atoms with E-state index in [2.05, 4.69) is 4.72 Å². The van der Waals surface area contributed by atoms with Gasteiger partial charge in [-0.3, -0.25) is 14.4 Å². The monoisotopic (exact) mass is 438 g/mol.